The molecule has 0 aliphatic rings. The SMILES string of the molecule is C=CCOC(=O)CN(CC)OC. The number of esters is 1. The molecule has 12 heavy (non-hydrogen) atoms. The molecule has 0 aromatic heterocycles. The predicted molar refractivity (Wildman–Crippen MR) is 45.4 cm³/mol. The molecule has 0 aromatic rings. The molecule has 0 radical (unpaired) electrons. The number of hydrogen-bond donors (Lipinski definition) is 0. The van der Waals surface area contributed by atoms with Crippen LogP contribution in [0.3, 0.4) is 0 Å². The average molecular weight is 173 g/mol. The van der Waals surface area contributed by atoms with Gasteiger partial charge in [0.05, 0.1) is 7.11 Å². The summed E-state index contributed by atoms with van der Waals surface area (Å²) in [4.78, 5) is 15.8. The van der Waals surface area contributed by atoms with Crippen LogP contribution >= 0.6 is 0 Å². The summed E-state index contributed by atoms with van der Waals surface area (Å²) in [5.74, 6) is -0.307. The third-order valence-electron chi connectivity index (χ3n) is 1.28. The molecule has 0 aliphatic carbocycles. The summed E-state index contributed by atoms with van der Waals surface area (Å²) in [6.45, 7) is 6.38. The molecule has 0 heterocycles. The van der Waals surface area contributed by atoms with Crippen LogP contribution in [0.2, 0.25) is 0 Å². The summed E-state index contributed by atoms with van der Waals surface area (Å²) in [5.41, 5.74) is 0. The molecule has 0 amide bonds. The molecule has 0 saturated heterocycles. The second kappa shape index (κ2) is 6.82. The fourth-order valence-electron chi connectivity index (χ4n) is 0.647. The maximum absolute atomic E-state index is 10.9. The molecule has 0 saturated carbocycles. The number of hydroxylamine groups is 2. The Balaban J connectivity index is 3.58. The van der Waals surface area contributed by atoms with Crippen LogP contribution in [0.15, 0.2) is 12.7 Å². The molecule has 4 heteroatoms. The van der Waals surface area contributed by atoms with E-state index in [1.807, 2.05) is 6.92 Å². The normalized spacial score (nSPS) is 9.92. The molecule has 0 bridgehead atoms. The lowest BCUT2D eigenvalue weighted by atomic mass is 10.6. The van der Waals surface area contributed by atoms with Crippen LogP contribution < -0.4 is 0 Å². The highest BCUT2D eigenvalue weighted by Gasteiger charge is 2.07. The van der Waals surface area contributed by atoms with E-state index in [1.54, 1.807) is 0 Å². The van der Waals surface area contributed by atoms with Gasteiger partial charge in [-0.05, 0) is 0 Å². The topological polar surface area (TPSA) is 38.8 Å². The third-order valence-corrected chi connectivity index (χ3v) is 1.28. The van der Waals surface area contributed by atoms with Gasteiger partial charge in [0, 0.05) is 6.54 Å². The summed E-state index contributed by atoms with van der Waals surface area (Å²) in [6, 6.07) is 0. The van der Waals surface area contributed by atoms with Crippen molar-refractivity contribution in [2.75, 3.05) is 26.8 Å². The first-order chi connectivity index (χ1) is 5.74. The number of ether oxygens (including phenoxy) is 1. The summed E-state index contributed by atoms with van der Waals surface area (Å²) < 4.78 is 4.75. The number of carbonyl (C=O) groups excluding carboxylic acids is 1. The molecule has 0 spiro atoms. The summed E-state index contributed by atoms with van der Waals surface area (Å²) in [7, 11) is 1.52. The highest BCUT2D eigenvalue weighted by molar-refractivity contribution is 5.71. The van der Waals surface area contributed by atoms with Crippen molar-refractivity contribution < 1.29 is 14.4 Å². The van der Waals surface area contributed by atoms with Crippen LogP contribution in [0, 0.1) is 0 Å². The molecule has 70 valence electrons. The summed E-state index contributed by atoms with van der Waals surface area (Å²) in [6.07, 6.45) is 1.53. The van der Waals surface area contributed by atoms with Crippen molar-refractivity contribution in [1.82, 2.24) is 5.06 Å². The van der Waals surface area contributed by atoms with E-state index in [0.717, 1.165) is 0 Å². The molecule has 4 nitrogen and oxygen atoms in total. The van der Waals surface area contributed by atoms with Crippen LogP contribution in [0.1, 0.15) is 6.92 Å². The van der Waals surface area contributed by atoms with Crippen molar-refractivity contribution in [3.63, 3.8) is 0 Å². The fraction of sp³-hybridized carbons (Fsp3) is 0.625. The van der Waals surface area contributed by atoms with Crippen molar-refractivity contribution in [3.8, 4) is 0 Å². The monoisotopic (exact) mass is 173 g/mol. The zero-order chi connectivity index (χ0) is 9.40. The first-order valence-corrected chi connectivity index (χ1v) is 3.80. The van der Waals surface area contributed by atoms with Crippen LogP contribution in [-0.4, -0.2) is 37.8 Å². The van der Waals surface area contributed by atoms with E-state index in [2.05, 4.69) is 6.58 Å². The van der Waals surface area contributed by atoms with E-state index in [1.165, 1.54) is 18.2 Å². The average Bonchev–Trinajstić information content (AvgIpc) is 2.10. The lowest BCUT2D eigenvalue weighted by molar-refractivity contribution is -0.166. The van der Waals surface area contributed by atoms with Gasteiger partial charge in [0.15, 0.2) is 0 Å². The first kappa shape index (κ1) is 11.1. The zero-order valence-corrected chi connectivity index (χ0v) is 7.58. The van der Waals surface area contributed by atoms with Crippen molar-refractivity contribution in [3.05, 3.63) is 12.7 Å². The highest BCUT2D eigenvalue weighted by Crippen LogP contribution is 1.89. The minimum Gasteiger partial charge on any atom is -0.460 e. The van der Waals surface area contributed by atoms with Crippen LogP contribution in [0.25, 0.3) is 0 Å². The van der Waals surface area contributed by atoms with Gasteiger partial charge in [-0.3, -0.25) is 4.79 Å². The van der Waals surface area contributed by atoms with E-state index >= 15 is 0 Å². The molecule has 0 unspecified atom stereocenters. The Morgan fingerprint density at radius 3 is 2.75 bits per heavy atom. The van der Waals surface area contributed by atoms with Crippen molar-refractivity contribution in [2.45, 2.75) is 6.92 Å². The van der Waals surface area contributed by atoms with Gasteiger partial charge >= 0.3 is 5.97 Å². The first-order valence-electron chi connectivity index (χ1n) is 3.80. The quantitative estimate of drug-likeness (QED) is 0.335. The number of hydrogen-bond acceptors (Lipinski definition) is 4. The van der Waals surface area contributed by atoms with Crippen molar-refractivity contribution >= 4 is 5.97 Å². The summed E-state index contributed by atoms with van der Waals surface area (Å²) >= 11 is 0. The maximum atomic E-state index is 10.9. The number of nitrogens with zero attached hydrogens (tertiary/aromatic N) is 1. The number of likely N-dealkylation sites (N-methyl/N-ethyl adjacent to an activating group) is 1. The van der Waals surface area contributed by atoms with Gasteiger partial charge in [-0.1, -0.05) is 19.6 Å². The molecule has 0 aliphatic heterocycles. The Bertz CT molecular complexity index is 143. The molecule has 0 aromatic carbocycles. The van der Waals surface area contributed by atoms with Crippen LogP contribution in [0.4, 0.5) is 0 Å². The molecular weight excluding hydrogens is 158 g/mol. The number of carbonyl (C=O) groups is 1. The van der Waals surface area contributed by atoms with E-state index in [4.69, 9.17) is 9.57 Å². The Morgan fingerprint density at radius 2 is 2.33 bits per heavy atom. The Kier molecular flexibility index (Phi) is 6.32. The van der Waals surface area contributed by atoms with Gasteiger partial charge in [0.25, 0.3) is 0 Å². The Labute approximate surface area is 72.7 Å². The van der Waals surface area contributed by atoms with E-state index in [-0.39, 0.29) is 19.1 Å². The fourth-order valence-corrected chi connectivity index (χ4v) is 0.647. The minimum absolute atomic E-state index is 0.154. The molecule has 0 N–H and O–H groups in total. The second-order valence-electron chi connectivity index (χ2n) is 2.11. The van der Waals surface area contributed by atoms with Gasteiger partial charge in [0.1, 0.15) is 13.2 Å². The van der Waals surface area contributed by atoms with Gasteiger partial charge in [0.2, 0.25) is 0 Å². The predicted octanol–water partition coefficient (Wildman–Crippen LogP) is 0.599. The number of rotatable bonds is 6. The van der Waals surface area contributed by atoms with Gasteiger partial charge in [-0.15, -0.1) is 0 Å². The Morgan fingerprint density at radius 1 is 1.67 bits per heavy atom. The van der Waals surface area contributed by atoms with Crippen molar-refractivity contribution in [2.24, 2.45) is 0 Å². The van der Waals surface area contributed by atoms with E-state index in [9.17, 15) is 4.79 Å². The van der Waals surface area contributed by atoms with E-state index < -0.39 is 0 Å². The second-order valence-corrected chi connectivity index (χ2v) is 2.11. The minimum atomic E-state index is -0.307. The van der Waals surface area contributed by atoms with Gasteiger partial charge < -0.3 is 9.57 Å². The van der Waals surface area contributed by atoms with Crippen LogP contribution in [0.5, 0.6) is 0 Å². The van der Waals surface area contributed by atoms with E-state index in [0.29, 0.717) is 6.54 Å². The lowest BCUT2D eigenvalue weighted by Gasteiger charge is -2.15. The molecule has 0 atom stereocenters. The van der Waals surface area contributed by atoms with Crippen molar-refractivity contribution in [1.29, 1.82) is 0 Å². The lowest BCUT2D eigenvalue weighted by Crippen LogP contribution is -2.29. The standard InChI is InChI=1S/C8H15NO3/c1-4-6-12-8(10)7-9(5-2)11-3/h4H,1,5-7H2,2-3H3. The molecule has 0 fully saturated rings. The largest absolute Gasteiger partial charge is 0.460 e. The summed E-state index contributed by atoms with van der Waals surface area (Å²) in [5, 5.41) is 1.51. The Hall–Kier alpha value is -0.870. The zero-order valence-electron chi connectivity index (χ0n) is 7.58. The maximum Gasteiger partial charge on any atom is 0.322 e. The van der Waals surface area contributed by atoms with Crippen LogP contribution in [-0.2, 0) is 14.4 Å². The van der Waals surface area contributed by atoms with Gasteiger partial charge in [-0.2, -0.15) is 5.06 Å². The smallest absolute Gasteiger partial charge is 0.322 e. The third kappa shape index (κ3) is 4.87. The molecule has 0 rings (SSSR count). The highest BCUT2D eigenvalue weighted by atomic mass is 16.7. The van der Waals surface area contributed by atoms with Gasteiger partial charge in [-0.25, -0.2) is 0 Å². The molecular formula is C8H15NO3.